The van der Waals surface area contributed by atoms with E-state index in [1.54, 1.807) is 6.92 Å². The van der Waals surface area contributed by atoms with Crippen LogP contribution in [0.3, 0.4) is 0 Å². The topological polar surface area (TPSA) is 72.6 Å². The molecule has 5 heteroatoms. The van der Waals surface area contributed by atoms with E-state index in [4.69, 9.17) is 14.3 Å². The summed E-state index contributed by atoms with van der Waals surface area (Å²) < 4.78 is 10.6. The van der Waals surface area contributed by atoms with Crippen LogP contribution >= 0.6 is 0 Å². The Bertz CT molecular complexity index is 635. The van der Waals surface area contributed by atoms with Crippen molar-refractivity contribution in [3.63, 3.8) is 0 Å². The van der Waals surface area contributed by atoms with E-state index in [2.05, 4.69) is 25.8 Å². The molecular formula is C16H19NO4. The lowest BCUT2D eigenvalue weighted by molar-refractivity contribution is 0.0683. The second-order valence-corrected chi connectivity index (χ2v) is 5.72. The van der Waals surface area contributed by atoms with Gasteiger partial charge in [-0.05, 0) is 30.0 Å². The van der Waals surface area contributed by atoms with Gasteiger partial charge in [-0.2, -0.15) is 4.98 Å². The van der Waals surface area contributed by atoms with E-state index in [0.29, 0.717) is 6.61 Å². The molecule has 1 N–H and O–H groups in total. The van der Waals surface area contributed by atoms with Crippen LogP contribution < -0.4 is 4.74 Å². The van der Waals surface area contributed by atoms with Gasteiger partial charge < -0.3 is 14.3 Å². The number of oxazole rings is 1. The number of aromatic carboxylic acids is 1. The average Bonchev–Trinajstić information content (AvgIpc) is 2.82. The second kappa shape index (κ2) is 5.60. The zero-order valence-corrected chi connectivity index (χ0v) is 12.6. The molecule has 0 aliphatic heterocycles. The molecule has 0 saturated carbocycles. The molecule has 2 aromatic rings. The number of carboxylic acids is 1. The van der Waals surface area contributed by atoms with Crippen molar-refractivity contribution in [3.8, 4) is 17.4 Å². The minimum absolute atomic E-state index is 0.0534. The monoisotopic (exact) mass is 289 g/mol. The average molecular weight is 289 g/mol. The van der Waals surface area contributed by atoms with Crippen LogP contribution in [0.2, 0.25) is 0 Å². The van der Waals surface area contributed by atoms with Crippen molar-refractivity contribution in [1.29, 1.82) is 0 Å². The Morgan fingerprint density at radius 1 is 1.29 bits per heavy atom. The minimum atomic E-state index is -1.17. The first-order chi connectivity index (χ1) is 9.82. The van der Waals surface area contributed by atoms with E-state index >= 15 is 0 Å². The van der Waals surface area contributed by atoms with E-state index in [1.165, 1.54) is 5.56 Å². The lowest BCUT2D eigenvalue weighted by Gasteiger charge is -2.18. The minimum Gasteiger partial charge on any atom is -0.476 e. The molecule has 0 fully saturated rings. The van der Waals surface area contributed by atoms with E-state index in [9.17, 15) is 4.79 Å². The maximum absolute atomic E-state index is 11.1. The lowest BCUT2D eigenvalue weighted by Crippen LogP contribution is -2.10. The molecule has 1 aromatic carbocycles. The van der Waals surface area contributed by atoms with Crippen LogP contribution in [-0.2, 0) is 5.41 Å². The summed E-state index contributed by atoms with van der Waals surface area (Å²) in [6.07, 6.45) is 0. The van der Waals surface area contributed by atoms with Crippen molar-refractivity contribution in [1.82, 2.24) is 4.98 Å². The summed E-state index contributed by atoms with van der Waals surface area (Å²) >= 11 is 0. The molecule has 0 aliphatic carbocycles. The molecule has 0 spiro atoms. The van der Waals surface area contributed by atoms with Crippen molar-refractivity contribution in [2.75, 3.05) is 6.61 Å². The number of nitrogens with zero attached hydrogens (tertiary/aromatic N) is 1. The predicted molar refractivity (Wildman–Crippen MR) is 78.8 cm³/mol. The van der Waals surface area contributed by atoms with Crippen LogP contribution in [0.1, 0.15) is 43.7 Å². The van der Waals surface area contributed by atoms with Crippen molar-refractivity contribution in [2.24, 2.45) is 0 Å². The molecule has 0 saturated heterocycles. The lowest BCUT2D eigenvalue weighted by atomic mass is 9.87. The van der Waals surface area contributed by atoms with Gasteiger partial charge in [-0.1, -0.05) is 32.9 Å². The van der Waals surface area contributed by atoms with Crippen molar-refractivity contribution >= 4 is 5.97 Å². The van der Waals surface area contributed by atoms with Gasteiger partial charge in [0.15, 0.2) is 0 Å². The fourth-order valence-corrected chi connectivity index (χ4v) is 1.91. The summed E-state index contributed by atoms with van der Waals surface area (Å²) in [7, 11) is 0. The zero-order chi connectivity index (χ0) is 15.6. The highest BCUT2D eigenvalue weighted by atomic mass is 16.6. The molecule has 0 amide bonds. The van der Waals surface area contributed by atoms with Gasteiger partial charge in [-0.25, -0.2) is 4.79 Å². The van der Waals surface area contributed by atoms with Crippen LogP contribution in [0.15, 0.2) is 28.7 Å². The molecule has 112 valence electrons. The Morgan fingerprint density at radius 3 is 2.38 bits per heavy atom. The molecule has 21 heavy (non-hydrogen) atoms. The number of carbonyl (C=O) groups is 1. The normalized spacial score (nSPS) is 11.4. The van der Waals surface area contributed by atoms with Gasteiger partial charge in [0.1, 0.15) is 0 Å². The standard InChI is InChI=1S/C16H19NO4/c1-5-20-15-12(14(18)19)17-13(21-15)10-6-8-11(9-7-10)16(2,3)4/h6-9H,5H2,1-4H3,(H,18,19). The Hall–Kier alpha value is -2.30. The zero-order valence-electron chi connectivity index (χ0n) is 12.6. The van der Waals surface area contributed by atoms with E-state index in [-0.39, 0.29) is 22.9 Å². The van der Waals surface area contributed by atoms with E-state index < -0.39 is 5.97 Å². The van der Waals surface area contributed by atoms with Gasteiger partial charge in [0.05, 0.1) is 6.61 Å². The third-order valence-corrected chi connectivity index (χ3v) is 3.07. The Labute approximate surface area is 123 Å². The maximum Gasteiger partial charge on any atom is 0.362 e. The largest absolute Gasteiger partial charge is 0.476 e. The van der Waals surface area contributed by atoms with E-state index in [1.807, 2.05) is 24.3 Å². The molecule has 5 nitrogen and oxygen atoms in total. The molecule has 0 radical (unpaired) electrons. The predicted octanol–water partition coefficient (Wildman–Crippen LogP) is 3.74. The van der Waals surface area contributed by atoms with Crippen LogP contribution in [0.4, 0.5) is 0 Å². The number of carboxylic acid groups (broad SMARTS) is 1. The number of hydrogen-bond donors (Lipinski definition) is 1. The molecule has 0 aliphatic rings. The molecule has 2 rings (SSSR count). The van der Waals surface area contributed by atoms with Crippen molar-refractivity contribution < 1.29 is 19.1 Å². The summed E-state index contributed by atoms with van der Waals surface area (Å²) in [6.45, 7) is 8.46. The first kappa shape index (κ1) is 15.1. The van der Waals surface area contributed by atoms with E-state index in [0.717, 1.165) is 5.56 Å². The maximum atomic E-state index is 11.1. The van der Waals surface area contributed by atoms with Gasteiger partial charge in [0.25, 0.3) is 0 Å². The summed E-state index contributed by atoms with van der Waals surface area (Å²) in [5.41, 5.74) is 1.75. The number of hydrogen-bond acceptors (Lipinski definition) is 4. The summed E-state index contributed by atoms with van der Waals surface area (Å²) in [5.74, 6) is -0.976. The number of ether oxygens (including phenoxy) is 1. The fourth-order valence-electron chi connectivity index (χ4n) is 1.91. The number of benzene rings is 1. The van der Waals surface area contributed by atoms with Crippen molar-refractivity contribution in [3.05, 3.63) is 35.5 Å². The third-order valence-electron chi connectivity index (χ3n) is 3.07. The van der Waals surface area contributed by atoms with Gasteiger partial charge in [0.2, 0.25) is 11.6 Å². The number of aromatic nitrogens is 1. The van der Waals surface area contributed by atoms with Gasteiger partial charge in [0, 0.05) is 5.56 Å². The molecule has 1 aromatic heterocycles. The van der Waals surface area contributed by atoms with Gasteiger partial charge in [-0.3, -0.25) is 0 Å². The molecule has 1 heterocycles. The highest BCUT2D eigenvalue weighted by Crippen LogP contribution is 2.29. The van der Waals surface area contributed by atoms with Crippen LogP contribution in [-0.4, -0.2) is 22.7 Å². The van der Waals surface area contributed by atoms with Crippen LogP contribution in [0.25, 0.3) is 11.5 Å². The first-order valence-electron chi connectivity index (χ1n) is 6.80. The summed E-state index contributed by atoms with van der Waals surface area (Å²) in [6, 6.07) is 7.71. The van der Waals surface area contributed by atoms with Crippen LogP contribution in [0, 0.1) is 0 Å². The quantitative estimate of drug-likeness (QED) is 0.928. The summed E-state index contributed by atoms with van der Waals surface area (Å²) in [5, 5.41) is 9.10. The Morgan fingerprint density at radius 2 is 1.90 bits per heavy atom. The number of rotatable bonds is 4. The first-order valence-corrected chi connectivity index (χ1v) is 6.80. The Kier molecular flexibility index (Phi) is 4.02. The van der Waals surface area contributed by atoms with Crippen LogP contribution in [0.5, 0.6) is 5.95 Å². The molecule has 0 unspecified atom stereocenters. The molecule has 0 atom stereocenters. The van der Waals surface area contributed by atoms with Crippen molar-refractivity contribution in [2.45, 2.75) is 33.1 Å². The SMILES string of the molecule is CCOc1oc(-c2ccc(C(C)(C)C)cc2)nc1C(=O)O. The highest BCUT2D eigenvalue weighted by Gasteiger charge is 2.22. The molecular weight excluding hydrogens is 270 g/mol. The Balaban J connectivity index is 2.38. The molecule has 0 bridgehead atoms. The smallest absolute Gasteiger partial charge is 0.362 e. The highest BCUT2D eigenvalue weighted by molar-refractivity contribution is 5.88. The second-order valence-electron chi connectivity index (χ2n) is 5.72. The third kappa shape index (κ3) is 3.24. The van der Waals surface area contributed by atoms with Gasteiger partial charge >= 0.3 is 11.9 Å². The fraction of sp³-hybridized carbons (Fsp3) is 0.375. The summed E-state index contributed by atoms with van der Waals surface area (Å²) in [4.78, 5) is 15.1. The van der Waals surface area contributed by atoms with Gasteiger partial charge in [-0.15, -0.1) is 0 Å².